The van der Waals surface area contributed by atoms with Crippen LogP contribution in [0.1, 0.15) is 21.5 Å². The molecule has 0 aliphatic rings. The molecule has 0 saturated heterocycles. The van der Waals surface area contributed by atoms with Crippen LogP contribution in [0, 0.1) is 13.8 Å². The summed E-state index contributed by atoms with van der Waals surface area (Å²) < 4.78 is 5.41. The molecule has 1 aromatic heterocycles. The van der Waals surface area contributed by atoms with Gasteiger partial charge in [-0.05, 0) is 49.7 Å². The molecule has 0 aliphatic carbocycles. The average molecular weight is 291 g/mol. The van der Waals surface area contributed by atoms with E-state index >= 15 is 0 Å². The van der Waals surface area contributed by atoms with Gasteiger partial charge in [-0.25, -0.2) is 0 Å². The van der Waals surface area contributed by atoms with Gasteiger partial charge in [-0.1, -0.05) is 29.8 Å². The molecule has 0 bridgehead atoms. The first-order chi connectivity index (χ1) is 10.6. The summed E-state index contributed by atoms with van der Waals surface area (Å²) in [7, 11) is 0. The van der Waals surface area contributed by atoms with E-state index in [2.05, 4.69) is 5.32 Å². The molecule has 22 heavy (non-hydrogen) atoms. The van der Waals surface area contributed by atoms with Crippen LogP contribution in [0.3, 0.4) is 0 Å². The molecule has 3 aromatic rings. The lowest BCUT2D eigenvalue weighted by Gasteiger charge is -2.10. The maximum absolute atomic E-state index is 12.4. The maximum atomic E-state index is 12.4. The first kappa shape index (κ1) is 14.1. The first-order valence-corrected chi connectivity index (χ1v) is 7.16. The van der Waals surface area contributed by atoms with Crippen molar-refractivity contribution in [1.82, 2.24) is 0 Å². The van der Waals surface area contributed by atoms with Gasteiger partial charge in [0.25, 0.3) is 5.91 Å². The summed E-state index contributed by atoms with van der Waals surface area (Å²) in [6, 6.07) is 17.2. The highest BCUT2D eigenvalue weighted by Gasteiger charge is 2.10. The van der Waals surface area contributed by atoms with Gasteiger partial charge < -0.3 is 9.73 Å². The Morgan fingerprint density at radius 3 is 2.59 bits per heavy atom. The minimum absolute atomic E-state index is 0.108. The molecule has 0 aliphatic heterocycles. The van der Waals surface area contributed by atoms with Crippen molar-refractivity contribution >= 4 is 11.6 Å². The van der Waals surface area contributed by atoms with Gasteiger partial charge in [-0.3, -0.25) is 4.79 Å². The summed E-state index contributed by atoms with van der Waals surface area (Å²) >= 11 is 0. The molecule has 2 aromatic carbocycles. The van der Waals surface area contributed by atoms with Gasteiger partial charge in [0.2, 0.25) is 0 Å². The van der Waals surface area contributed by atoms with Gasteiger partial charge >= 0.3 is 0 Å². The van der Waals surface area contributed by atoms with Crippen LogP contribution in [0.5, 0.6) is 0 Å². The summed E-state index contributed by atoms with van der Waals surface area (Å²) in [5.74, 6) is 0.675. The Labute approximate surface area is 129 Å². The second-order valence-electron chi connectivity index (χ2n) is 5.33. The molecule has 1 N–H and O–H groups in total. The summed E-state index contributed by atoms with van der Waals surface area (Å²) in [5, 5.41) is 2.98. The Morgan fingerprint density at radius 2 is 1.86 bits per heavy atom. The Bertz CT molecular complexity index is 804. The number of benzene rings is 2. The summed E-state index contributed by atoms with van der Waals surface area (Å²) in [4.78, 5) is 12.4. The fourth-order valence-electron chi connectivity index (χ4n) is 2.33. The second kappa shape index (κ2) is 5.90. The standard InChI is InChI=1S/C19H17NO2/c1-13-5-3-6-16(11-13)19(21)20-17-12-15(9-8-14(17)2)18-7-4-10-22-18/h3-12H,1-2H3,(H,20,21). The molecule has 110 valence electrons. The van der Waals surface area contributed by atoms with Crippen molar-refractivity contribution in [3.05, 3.63) is 77.6 Å². The zero-order valence-electron chi connectivity index (χ0n) is 12.6. The summed E-state index contributed by atoms with van der Waals surface area (Å²) in [5.41, 5.74) is 4.46. The van der Waals surface area contributed by atoms with E-state index in [1.54, 1.807) is 6.26 Å². The molecule has 0 spiro atoms. The van der Waals surface area contributed by atoms with Crippen LogP contribution in [0.25, 0.3) is 11.3 Å². The molecule has 1 amide bonds. The van der Waals surface area contributed by atoms with Crippen LogP contribution < -0.4 is 5.32 Å². The van der Waals surface area contributed by atoms with Crippen molar-refractivity contribution in [2.75, 3.05) is 5.32 Å². The normalized spacial score (nSPS) is 10.5. The zero-order chi connectivity index (χ0) is 15.5. The monoisotopic (exact) mass is 291 g/mol. The molecule has 3 nitrogen and oxygen atoms in total. The van der Waals surface area contributed by atoms with Crippen molar-refractivity contribution in [1.29, 1.82) is 0 Å². The number of anilines is 1. The van der Waals surface area contributed by atoms with Gasteiger partial charge in [0.15, 0.2) is 0 Å². The minimum atomic E-state index is -0.108. The zero-order valence-corrected chi connectivity index (χ0v) is 12.6. The summed E-state index contributed by atoms with van der Waals surface area (Å²) in [6.07, 6.45) is 1.64. The van der Waals surface area contributed by atoms with Crippen molar-refractivity contribution in [2.24, 2.45) is 0 Å². The number of hydrogen-bond acceptors (Lipinski definition) is 2. The highest BCUT2D eigenvalue weighted by Crippen LogP contribution is 2.26. The second-order valence-corrected chi connectivity index (χ2v) is 5.33. The Balaban J connectivity index is 1.88. The van der Waals surface area contributed by atoms with E-state index in [1.165, 1.54) is 0 Å². The largest absolute Gasteiger partial charge is 0.464 e. The third-order valence-corrected chi connectivity index (χ3v) is 3.57. The summed E-state index contributed by atoms with van der Waals surface area (Å²) in [6.45, 7) is 3.94. The third-order valence-electron chi connectivity index (χ3n) is 3.57. The van der Waals surface area contributed by atoms with Gasteiger partial charge in [0.05, 0.1) is 6.26 Å². The molecule has 0 unspecified atom stereocenters. The highest BCUT2D eigenvalue weighted by atomic mass is 16.3. The molecule has 0 radical (unpaired) electrons. The van der Waals surface area contributed by atoms with Gasteiger partial charge in [0, 0.05) is 16.8 Å². The Hall–Kier alpha value is -2.81. The van der Waals surface area contributed by atoms with Gasteiger partial charge in [-0.15, -0.1) is 0 Å². The van der Waals surface area contributed by atoms with E-state index in [4.69, 9.17) is 4.42 Å². The van der Waals surface area contributed by atoms with Gasteiger partial charge in [0.1, 0.15) is 5.76 Å². The highest BCUT2D eigenvalue weighted by molar-refractivity contribution is 6.05. The van der Waals surface area contributed by atoms with E-state index < -0.39 is 0 Å². The van der Waals surface area contributed by atoms with Gasteiger partial charge in [-0.2, -0.15) is 0 Å². The molecular formula is C19H17NO2. The quantitative estimate of drug-likeness (QED) is 0.752. The minimum Gasteiger partial charge on any atom is -0.464 e. The van der Waals surface area contributed by atoms with Crippen LogP contribution in [-0.2, 0) is 0 Å². The van der Waals surface area contributed by atoms with E-state index in [0.29, 0.717) is 5.56 Å². The number of furan rings is 1. The van der Waals surface area contributed by atoms with E-state index in [-0.39, 0.29) is 5.91 Å². The number of aryl methyl sites for hydroxylation is 2. The molecule has 0 fully saturated rings. The predicted molar refractivity (Wildman–Crippen MR) is 88.0 cm³/mol. The van der Waals surface area contributed by atoms with Crippen LogP contribution in [0.15, 0.2) is 65.3 Å². The molecule has 3 rings (SSSR count). The lowest BCUT2D eigenvalue weighted by Crippen LogP contribution is -2.12. The molecule has 1 heterocycles. The molecule has 3 heteroatoms. The lowest BCUT2D eigenvalue weighted by atomic mass is 10.1. The van der Waals surface area contributed by atoms with Crippen molar-refractivity contribution in [2.45, 2.75) is 13.8 Å². The topological polar surface area (TPSA) is 42.2 Å². The van der Waals surface area contributed by atoms with Crippen LogP contribution in [-0.4, -0.2) is 5.91 Å². The third kappa shape index (κ3) is 2.93. The fraction of sp³-hybridized carbons (Fsp3) is 0.105. The maximum Gasteiger partial charge on any atom is 0.255 e. The van der Waals surface area contributed by atoms with Crippen LogP contribution in [0.2, 0.25) is 0 Å². The number of amides is 1. The predicted octanol–water partition coefficient (Wildman–Crippen LogP) is 4.82. The number of rotatable bonds is 3. The average Bonchev–Trinajstić information content (AvgIpc) is 3.04. The SMILES string of the molecule is Cc1cccc(C(=O)Nc2cc(-c3ccco3)ccc2C)c1. The van der Waals surface area contributed by atoms with Crippen molar-refractivity contribution < 1.29 is 9.21 Å². The van der Waals surface area contributed by atoms with E-state index in [9.17, 15) is 4.79 Å². The lowest BCUT2D eigenvalue weighted by molar-refractivity contribution is 0.102. The molecule has 0 saturated carbocycles. The fourth-order valence-corrected chi connectivity index (χ4v) is 2.33. The van der Waals surface area contributed by atoms with E-state index in [1.807, 2.05) is 68.4 Å². The number of carbonyl (C=O) groups excluding carboxylic acids is 1. The Morgan fingerprint density at radius 1 is 1.00 bits per heavy atom. The smallest absolute Gasteiger partial charge is 0.255 e. The first-order valence-electron chi connectivity index (χ1n) is 7.16. The van der Waals surface area contributed by atoms with Crippen molar-refractivity contribution in [3.63, 3.8) is 0 Å². The van der Waals surface area contributed by atoms with Crippen molar-refractivity contribution in [3.8, 4) is 11.3 Å². The molecule has 0 atom stereocenters. The Kier molecular flexibility index (Phi) is 3.79. The van der Waals surface area contributed by atoms with E-state index in [0.717, 1.165) is 28.1 Å². The van der Waals surface area contributed by atoms with Crippen LogP contribution in [0.4, 0.5) is 5.69 Å². The number of nitrogens with one attached hydrogen (secondary N) is 1. The molecular weight excluding hydrogens is 274 g/mol. The number of hydrogen-bond donors (Lipinski definition) is 1. The van der Waals surface area contributed by atoms with Crippen LogP contribution >= 0.6 is 0 Å². The number of carbonyl (C=O) groups is 1.